The van der Waals surface area contributed by atoms with E-state index >= 15 is 0 Å². The number of carbonyl (C=O) groups is 1. The highest BCUT2D eigenvalue weighted by Gasteiger charge is 2.42. The van der Waals surface area contributed by atoms with Crippen LogP contribution in [0.25, 0.3) is 17.0 Å². The van der Waals surface area contributed by atoms with Crippen molar-refractivity contribution in [2.45, 2.75) is 55.7 Å². The van der Waals surface area contributed by atoms with E-state index in [4.69, 9.17) is 17.0 Å². The van der Waals surface area contributed by atoms with Crippen LogP contribution in [0.3, 0.4) is 0 Å². The molecule has 1 aromatic carbocycles. The first-order chi connectivity index (χ1) is 13.2. The molecule has 0 radical (unpaired) electrons. The zero-order chi connectivity index (χ0) is 18.4. The molecule has 2 heterocycles. The Bertz CT molecular complexity index is 856. The monoisotopic (exact) mass is 399 g/mol. The molecule has 3 aliphatic rings. The molecule has 3 fully saturated rings. The van der Waals surface area contributed by atoms with Crippen LogP contribution in [0.4, 0.5) is 0 Å². The van der Waals surface area contributed by atoms with E-state index < -0.39 is 0 Å². The van der Waals surface area contributed by atoms with Crippen molar-refractivity contribution in [3.63, 3.8) is 0 Å². The van der Waals surface area contributed by atoms with E-state index in [1.54, 1.807) is 11.8 Å². The van der Waals surface area contributed by atoms with Gasteiger partial charge in [0.15, 0.2) is 0 Å². The van der Waals surface area contributed by atoms with Gasteiger partial charge in [0, 0.05) is 17.5 Å². The van der Waals surface area contributed by atoms with Gasteiger partial charge in [-0.1, -0.05) is 55.6 Å². The molecule has 142 valence electrons. The summed E-state index contributed by atoms with van der Waals surface area (Å²) in [5.41, 5.74) is 0.856. The molecule has 1 aromatic heterocycles. The van der Waals surface area contributed by atoms with E-state index in [0.717, 1.165) is 46.3 Å². The number of carbonyl (C=O) groups excluding carboxylic acids is 1. The van der Waals surface area contributed by atoms with Gasteiger partial charge in [0.05, 0.1) is 4.91 Å². The Morgan fingerprint density at radius 1 is 1.11 bits per heavy atom. The number of thioether (sulfide) groups is 1. The van der Waals surface area contributed by atoms with Gasteiger partial charge in [-0.2, -0.15) is 0 Å². The molecule has 0 N–H and O–H groups in total. The molecule has 1 amide bonds. The number of fused-ring (bicyclic) bond motifs is 2. The summed E-state index contributed by atoms with van der Waals surface area (Å²) in [7, 11) is 0. The van der Waals surface area contributed by atoms with Gasteiger partial charge in [-0.05, 0) is 43.2 Å². The van der Waals surface area contributed by atoms with Gasteiger partial charge in [-0.15, -0.1) is 12.6 Å². The lowest BCUT2D eigenvalue weighted by atomic mass is 9.69. The fourth-order valence-corrected chi connectivity index (χ4v) is 6.83. The average Bonchev–Trinajstić information content (AvgIpc) is 3.21. The Morgan fingerprint density at radius 3 is 2.78 bits per heavy atom. The molecule has 5 heteroatoms. The standard InChI is InChI=1S/C22H25NO2S2/c24-21-20(13-18-12-16-7-3-4-8-19(16)25-18)27-22(26)23(21)17-10-9-14-5-1-2-6-15(14)11-17/h3-4,7-8,12-15,17,22,26H,1-2,5-6,9-11H2/b20-13-. The van der Waals surface area contributed by atoms with Crippen LogP contribution in [-0.2, 0) is 4.79 Å². The van der Waals surface area contributed by atoms with Crippen molar-refractivity contribution in [2.24, 2.45) is 11.8 Å². The summed E-state index contributed by atoms with van der Waals surface area (Å²) in [6.07, 6.45) is 10.9. The summed E-state index contributed by atoms with van der Waals surface area (Å²) in [4.78, 5) is 15.9. The van der Waals surface area contributed by atoms with Crippen LogP contribution in [0, 0.1) is 11.8 Å². The minimum absolute atomic E-state index is 0.0849. The number of rotatable bonds is 2. The van der Waals surface area contributed by atoms with Crippen LogP contribution in [-0.4, -0.2) is 21.6 Å². The highest BCUT2D eigenvalue weighted by molar-refractivity contribution is 8.14. The summed E-state index contributed by atoms with van der Waals surface area (Å²) < 4.78 is 5.79. The fourth-order valence-electron chi connectivity index (χ4n) is 5.19. The summed E-state index contributed by atoms with van der Waals surface area (Å²) in [6.45, 7) is 0. The summed E-state index contributed by atoms with van der Waals surface area (Å²) >= 11 is 6.30. The maximum atomic E-state index is 13.1. The van der Waals surface area contributed by atoms with E-state index in [0.29, 0.717) is 6.04 Å². The van der Waals surface area contributed by atoms with Crippen LogP contribution in [0.5, 0.6) is 0 Å². The van der Waals surface area contributed by atoms with Crippen molar-refractivity contribution in [1.82, 2.24) is 4.90 Å². The van der Waals surface area contributed by atoms with E-state index in [-0.39, 0.29) is 10.6 Å². The van der Waals surface area contributed by atoms with Crippen molar-refractivity contribution >= 4 is 47.3 Å². The molecule has 0 spiro atoms. The SMILES string of the molecule is O=C1/C(=C/c2cc3ccccc3o2)SC(S)N1C1CCC2CCCCC2C1. The average molecular weight is 400 g/mol. The maximum absolute atomic E-state index is 13.1. The largest absolute Gasteiger partial charge is 0.457 e. The molecule has 2 aromatic rings. The molecule has 2 aliphatic carbocycles. The van der Waals surface area contributed by atoms with Crippen LogP contribution in [0.2, 0.25) is 0 Å². The quantitative estimate of drug-likeness (QED) is 0.502. The Labute approximate surface area is 170 Å². The van der Waals surface area contributed by atoms with Gasteiger partial charge in [0.1, 0.15) is 16.0 Å². The molecule has 5 rings (SSSR count). The normalized spacial score (nSPS) is 33.0. The third-order valence-electron chi connectivity index (χ3n) is 6.54. The third kappa shape index (κ3) is 3.33. The van der Waals surface area contributed by atoms with E-state index in [1.807, 2.05) is 41.3 Å². The van der Waals surface area contributed by atoms with Gasteiger partial charge in [-0.3, -0.25) is 4.79 Å². The van der Waals surface area contributed by atoms with Crippen molar-refractivity contribution in [3.05, 3.63) is 41.0 Å². The molecule has 27 heavy (non-hydrogen) atoms. The van der Waals surface area contributed by atoms with Crippen molar-refractivity contribution in [3.8, 4) is 0 Å². The number of benzene rings is 1. The Hall–Kier alpha value is -1.33. The first-order valence-corrected chi connectivity index (χ1v) is 11.5. The number of furan rings is 1. The second-order valence-corrected chi connectivity index (χ2v) is 10.1. The van der Waals surface area contributed by atoms with Gasteiger partial charge < -0.3 is 9.32 Å². The molecule has 3 nitrogen and oxygen atoms in total. The first-order valence-electron chi connectivity index (χ1n) is 10.1. The lowest BCUT2D eigenvalue weighted by Gasteiger charge is -2.43. The molecule has 4 atom stereocenters. The second kappa shape index (κ2) is 7.25. The van der Waals surface area contributed by atoms with Crippen molar-refractivity contribution in [2.75, 3.05) is 0 Å². The van der Waals surface area contributed by atoms with Gasteiger partial charge in [0.25, 0.3) is 5.91 Å². The summed E-state index contributed by atoms with van der Waals surface area (Å²) in [6, 6.07) is 10.3. The smallest absolute Gasteiger partial charge is 0.262 e. The fraction of sp³-hybridized carbons (Fsp3) is 0.500. The minimum Gasteiger partial charge on any atom is -0.457 e. The van der Waals surface area contributed by atoms with Gasteiger partial charge >= 0.3 is 0 Å². The van der Waals surface area contributed by atoms with E-state index in [2.05, 4.69) is 0 Å². The molecule has 4 unspecified atom stereocenters. The van der Waals surface area contributed by atoms with Gasteiger partial charge in [-0.25, -0.2) is 0 Å². The molecule has 2 saturated carbocycles. The first kappa shape index (κ1) is 17.7. The Kier molecular flexibility index (Phi) is 4.76. The van der Waals surface area contributed by atoms with E-state index in [1.165, 1.54) is 32.1 Å². The number of para-hydroxylation sites is 1. The van der Waals surface area contributed by atoms with Crippen LogP contribution >= 0.6 is 24.4 Å². The third-order valence-corrected chi connectivity index (χ3v) is 8.09. The van der Waals surface area contributed by atoms with Crippen molar-refractivity contribution in [1.29, 1.82) is 0 Å². The molecular formula is C22H25NO2S2. The number of nitrogens with zero attached hydrogens (tertiary/aromatic N) is 1. The lowest BCUT2D eigenvalue weighted by Crippen LogP contribution is -2.44. The maximum Gasteiger partial charge on any atom is 0.262 e. The van der Waals surface area contributed by atoms with E-state index in [9.17, 15) is 4.79 Å². The summed E-state index contributed by atoms with van der Waals surface area (Å²) in [5.74, 6) is 2.56. The Balaban J connectivity index is 1.36. The number of amides is 1. The van der Waals surface area contributed by atoms with Crippen LogP contribution in [0.1, 0.15) is 50.7 Å². The van der Waals surface area contributed by atoms with Crippen molar-refractivity contribution < 1.29 is 9.21 Å². The molecule has 1 aliphatic heterocycles. The highest BCUT2D eigenvalue weighted by atomic mass is 32.2. The predicted molar refractivity (Wildman–Crippen MR) is 114 cm³/mol. The topological polar surface area (TPSA) is 33.5 Å². The number of hydrogen-bond acceptors (Lipinski definition) is 4. The molecular weight excluding hydrogens is 374 g/mol. The predicted octanol–water partition coefficient (Wildman–Crippen LogP) is 5.92. The molecule has 1 saturated heterocycles. The van der Waals surface area contributed by atoms with Crippen LogP contribution < -0.4 is 0 Å². The molecule has 0 bridgehead atoms. The highest BCUT2D eigenvalue weighted by Crippen LogP contribution is 2.46. The zero-order valence-electron chi connectivity index (χ0n) is 15.3. The lowest BCUT2D eigenvalue weighted by molar-refractivity contribution is -0.128. The second-order valence-electron chi connectivity index (χ2n) is 8.12. The minimum atomic E-state index is -0.0849. The van der Waals surface area contributed by atoms with Crippen LogP contribution in [0.15, 0.2) is 39.7 Å². The summed E-state index contributed by atoms with van der Waals surface area (Å²) in [5, 5.41) is 1.06. The Morgan fingerprint density at radius 2 is 1.93 bits per heavy atom. The number of thiol groups is 1. The van der Waals surface area contributed by atoms with Gasteiger partial charge in [0.2, 0.25) is 0 Å². The number of hydrogen-bond donors (Lipinski definition) is 1. The zero-order valence-corrected chi connectivity index (χ0v) is 17.1.